The summed E-state index contributed by atoms with van der Waals surface area (Å²) in [6.07, 6.45) is 4.49. The molecule has 0 saturated carbocycles. The van der Waals surface area contributed by atoms with E-state index >= 15 is 8.78 Å². The highest BCUT2D eigenvalue weighted by molar-refractivity contribution is 5.92. The number of halogens is 2. The minimum atomic E-state index is -0.747. The maximum absolute atomic E-state index is 15.2. The monoisotopic (exact) mass is 686 g/mol. The topological polar surface area (TPSA) is 129 Å². The number of nitrogens with zero attached hydrogens (tertiary/aromatic N) is 7. The molecule has 12 nitrogen and oxygen atoms in total. The molecule has 3 aromatic heterocycles. The van der Waals surface area contributed by atoms with Crippen LogP contribution in [0.1, 0.15) is 56.5 Å². The van der Waals surface area contributed by atoms with Crippen LogP contribution in [0.4, 0.5) is 25.2 Å². The van der Waals surface area contributed by atoms with Gasteiger partial charge in [-0.25, -0.2) is 33.5 Å². The van der Waals surface area contributed by atoms with E-state index in [4.69, 9.17) is 29.3 Å². The number of carbonyl (C=O) groups excluding carboxylic acids is 1. The van der Waals surface area contributed by atoms with Crippen LogP contribution in [0.15, 0.2) is 54.9 Å². The molecule has 1 fully saturated rings. The zero-order valence-corrected chi connectivity index (χ0v) is 28.7. The van der Waals surface area contributed by atoms with E-state index in [2.05, 4.69) is 15.3 Å². The normalized spacial score (nSPS) is 13.9. The van der Waals surface area contributed by atoms with E-state index in [9.17, 15) is 4.79 Å². The lowest BCUT2D eigenvalue weighted by Gasteiger charge is -2.34. The van der Waals surface area contributed by atoms with Crippen LogP contribution in [0, 0.1) is 18.6 Å². The number of rotatable bonds is 10. The molecule has 50 heavy (non-hydrogen) atoms. The number of piperidine rings is 1. The fourth-order valence-electron chi connectivity index (χ4n) is 5.87. The van der Waals surface area contributed by atoms with Crippen molar-refractivity contribution < 1.29 is 27.8 Å². The minimum Gasteiger partial charge on any atom is -0.491 e. The Hall–Kier alpha value is -5.24. The Kier molecular flexibility index (Phi) is 10.2. The van der Waals surface area contributed by atoms with E-state index in [1.165, 1.54) is 7.11 Å². The number of carbonyl (C=O) groups is 1. The zero-order chi connectivity index (χ0) is 35.4. The van der Waals surface area contributed by atoms with Crippen LogP contribution < -0.4 is 10.1 Å². The molecule has 0 spiro atoms. The Morgan fingerprint density at radius 1 is 1.02 bits per heavy atom. The fraction of sp³-hybridized carbons (Fsp3) is 0.389. The first-order chi connectivity index (χ1) is 24.0. The van der Waals surface area contributed by atoms with Gasteiger partial charge < -0.3 is 24.4 Å². The first-order valence-corrected chi connectivity index (χ1v) is 16.5. The van der Waals surface area contributed by atoms with Crippen LogP contribution in [0.2, 0.25) is 0 Å². The van der Waals surface area contributed by atoms with Gasteiger partial charge in [-0.3, -0.25) is 4.68 Å². The average molecular weight is 687 g/mol. The van der Waals surface area contributed by atoms with E-state index in [1.54, 1.807) is 35.0 Å². The van der Waals surface area contributed by atoms with Crippen LogP contribution in [-0.4, -0.2) is 79.7 Å². The van der Waals surface area contributed by atoms with Gasteiger partial charge in [-0.2, -0.15) is 5.10 Å². The first kappa shape index (κ1) is 34.6. The summed E-state index contributed by atoms with van der Waals surface area (Å²) >= 11 is 0. The van der Waals surface area contributed by atoms with Crippen molar-refractivity contribution in [3.8, 4) is 17.3 Å². The third-order valence-corrected chi connectivity index (χ3v) is 8.27. The number of amides is 1. The molecule has 5 aromatic rings. The molecule has 4 heterocycles. The number of nitrogens with one attached hydrogen (secondary N) is 1. The van der Waals surface area contributed by atoms with Crippen LogP contribution >= 0.6 is 0 Å². The number of anilines is 2. The molecule has 1 aliphatic heterocycles. The van der Waals surface area contributed by atoms with Gasteiger partial charge in [-0.1, -0.05) is 18.2 Å². The Morgan fingerprint density at radius 2 is 1.76 bits per heavy atom. The van der Waals surface area contributed by atoms with Crippen molar-refractivity contribution in [2.24, 2.45) is 0 Å². The molecular formula is C36H40F2N8O4. The number of fused-ring (bicyclic) bond motifs is 1. The van der Waals surface area contributed by atoms with Crippen molar-refractivity contribution in [1.82, 2.24) is 34.6 Å². The predicted octanol–water partition coefficient (Wildman–Crippen LogP) is 6.80. The second-order valence-electron chi connectivity index (χ2n) is 13.1. The van der Waals surface area contributed by atoms with Gasteiger partial charge in [0.25, 0.3) is 0 Å². The van der Waals surface area contributed by atoms with Crippen molar-refractivity contribution in [2.75, 3.05) is 38.7 Å². The van der Waals surface area contributed by atoms with Gasteiger partial charge in [-0.05, 0) is 58.6 Å². The number of para-hydroxylation sites is 1. The Bertz CT molecular complexity index is 1970. The highest BCUT2D eigenvalue weighted by Gasteiger charge is 2.30. The Balaban J connectivity index is 1.32. The number of ether oxygens (including phenoxy) is 3. The second-order valence-corrected chi connectivity index (χ2v) is 13.1. The average Bonchev–Trinajstić information content (AvgIpc) is 3.44. The largest absolute Gasteiger partial charge is 0.491 e. The van der Waals surface area contributed by atoms with Crippen molar-refractivity contribution >= 4 is 28.6 Å². The molecular weight excluding hydrogens is 646 g/mol. The Morgan fingerprint density at radius 3 is 2.46 bits per heavy atom. The lowest BCUT2D eigenvalue weighted by molar-refractivity contribution is 0.0205. The van der Waals surface area contributed by atoms with Crippen molar-refractivity contribution in [3.05, 3.63) is 83.4 Å². The molecule has 6 rings (SSSR count). The smallest absolute Gasteiger partial charge is 0.410 e. The number of aromatic nitrogens is 6. The van der Waals surface area contributed by atoms with E-state index < -0.39 is 17.2 Å². The molecule has 1 amide bonds. The molecule has 2 aromatic carbocycles. The molecule has 0 radical (unpaired) electrons. The molecule has 0 aliphatic carbocycles. The van der Waals surface area contributed by atoms with Gasteiger partial charge in [0.05, 0.1) is 18.7 Å². The van der Waals surface area contributed by atoms with Crippen molar-refractivity contribution in [2.45, 2.75) is 58.6 Å². The number of benzene rings is 2. The van der Waals surface area contributed by atoms with Gasteiger partial charge in [0.2, 0.25) is 0 Å². The summed E-state index contributed by atoms with van der Waals surface area (Å²) in [5.41, 5.74) is 1.25. The summed E-state index contributed by atoms with van der Waals surface area (Å²) in [6.45, 7) is 8.69. The second kappa shape index (κ2) is 14.7. The molecule has 0 atom stereocenters. The van der Waals surface area contributed by atoms with Crippen LogP contribution in [0.25, 0.3) is 22.4 Å². The maximum Gasteiger partial charge on any atom is 0.410 e. The number of methoxy groups -OCH3 is 1. The molecule has 0 bridgehead atoms. The van der Waals surface area contributed by atoms with E-state index in [0.29, 0.717) is 67.0 Å². The summed E-state index contributed by atoms with van der Waals surface area (Å²) in [6, 6.07) is 11.5. The first-order valence-electron chi connectivity index (χ1n) is 16.5. The highest BCUT2D eigenvalue weighted by atomic mass is 19.1. The summed E-state index contributed by atoms with van der Waals surface area (Å²) in [5.74, 6) is 0.659. The predicted molar refractivity (Wildman–Crippen MR) is 183 cm³/mol. The SMILES string of the molecule is COCCOc1cc(F)c(Cn2nc(-c3ncc(C4CCN(C(=O)OC(C)(C)C)CC4)c(Nc4ccnc(C)n4)n3)c3ccccc32)c(F)c1. The lowest BCUT2D eigenvalue weighted by Crippen LogP contribution is -2.41. The van der Waals surface area contributed by atoms with E-state index in [-0.39, 0.29) is 36.5 Å². The van der Waals surface area contributed by atoms with E-state index in [0.717, 1.165) is 23.1 Å². The minimum absolute atomic E-state index is 0.0508. The van der Waals surface area contributed by atoms with Gasteiger partial charge in [0, 0.05) is 61.2 Å². The van der Waals surface area contributed by atoms with Crippen LogP contribution in [-0.2, 0) is 16.0 Å². The van der Waals surface area contributed by atoms with Crippen molar-refractivity contribution in [1.29, 1.82) is 0 Å². The molecule has 0 unspecified atom stereocenters. The summed E-state index contributed by atoms with van der Waals surface area (Å²) < 4.78 is 47.9. The van der Waals surface area contributed by atoms with Crippen LogP contribution in [0.3, 0.4) is 0 Å². The zero-order valence-electron chi connectivity index (χ0n) is 28.7. The molecule has 1 N–H and O–H groups in total. The van der Waals surface area contributed by atoms with Gasteiger partial charge in [0.1, 0.15) is 52.7 Å². The van der Waals surface area contributed by atoms with Crippen molar-refractivity contribution in [3.63, 3.8) is 0 Å². The third-order valence-electron chi connectivity index (χ3n) is 8.27. The summed E-state index contributed by atoms with van der Waals surface area (Å²) in [5, 5.41) is 8.86. The summed E-state index contributed by atoms with van der Waals surface area (Å²) in [4.78, 5) is 32.9. The molecule has 1 saturated heterocycles. The lowest BCUT2D eigenvalue weighted by atomic mass is 9.90. The van der Waals surface area contributed by atoms with Gasteiger partial charge in [0.15, 0.2) is 5.82 Å². The van der Waals surface area contributed by atoms with Crippen LogP contribution in [0.5, 0.6) is 5.75 Å². The molecule has 1 aliphatic rings. The summed E-state index contributed by atoms with van der Waals surface area (Å²) in [7, 11) is 1.52. The molecule has 14 heteroatoms. The van der Waals surface area contributed by atoms with E-state index in [1.807, 2.05) is 45.0 Å². The fourth-order valence-corrected chi connectivity index (χ4v) is 5.87. The maximum atomic E-state index is 15.2. The quantitative estimate of drug-likeness (QED) is 0.157. The third kappa shape index (κ3) is 7.96. The number of likely N-dealkylation sites (tertiary alicyclic amines) is 1. The highest BCUT2D eigenvalue weighted by Crippen LogP contribution is 2.36. The van der Waals surface area contributed by atoms with Gasteiger partial charge >= 0.3 is 6.09 Å². The molecule has 262 valence electrons. The Labute approximate surface area is 288 Å². The number of hydrogen-bond acceptors (Lipinski definition) is 10. The van der Waals surface area contributed by atoms with Gasteiger partial charge in [-0.15, -0.1) is 0 Å². The standard InChI is InChI=1S/C36H40F2N8O4/c1-22-39-13-10-31(41-22)42-33-26(23-11-14-45(15-12-23)35(47)50-36(2,3)4)20-40-34(43-33)32-25-8-6-7-9-30(25)46(44-32)21-27-28(37)18-24(19-29(27)38)49-17-16-48-5/h6-10,13,18-20,23H,11-12,14-17,21H2,1-5H3,(H,39,40,41,42,43). The number of aryl methyl sites for hydroxylation is 1. The number of hydrogen-bond donors (Lipinski definition) is 1.